The number of benzene rings is 1. The molecule has 1 aromatic carbocycles. The molecule has 1 aromatic rings. The van der Waals surface area contributed by atoms with Crippen LogP contribution < -0.4 is 5.32 Å². The first kappa shape index (κ1) is 13.7. The van der Waals surface area contributed by atoms with E-state index in [9.17, 15) is 4.79 Å². The van der Waals surface area contributed by atoms with Gasteiger partial charge < -0.3 is 10.4 Å². The lowest BCUT2D eigenvalue weighted by molar-refractivity contribution is 0.0944. The highest BCUT2D eigenvalue weighted by molar-refractivity contribution is 5.97. The molecule has 0 fully saturated rings. The first-order chi connectivity index (χ1) is 7.91. The van der Waals surface area contributed by atoms with Gasteiger partial charge in [-0.3, -0.25) is 4.79 Å². The predicted molar refractivity (Wildman–Crippen MR) is 69.3 cm³/mol. The van der Waals surface area contributed by atoms with Crippen LogP contribution in [0.4, 0.5) is 0 Å². The fraction of sp³-hybridized carbons (Fsp3) is 0.500. The molecule has 0 saturated heterocycles. The van der Waals surface area contributed by atoms with E-state index in [1.165, 1.54) is 5.56 Å². The molecule has 3 heteroatoms. The average molecular weight is 235 g/mol. The number of aryl methyl sites for hydroxylation is 3. The second-order valence-electron chi connectivity index (χ2n) is 4.67. The Morgan fingerprint density at radius 2 is 1.82 bits per heavy atom. The molecule has 17 heavy (non-hydrogen) atoms. The first-order valence-electron chi connectivity index (χ1n) is 5.96. The van der Waals surface area contributed by atoms with E-state index in [1.807, 2.05) is 32.9 Å². The van der Waals surface area contributed by atoms with Crippen molar-refractivity contribution in [2.45, 2.75) is 40.2 Å². The standard InChI is InChI=1S/C14H21NO2/c1-9-7-10(2)13(11(3)8-9)14(17)15-6-5-12(4)16/h7-8,12,16H,5-6H2,1-4H3,(H,15,17). The maximum atomic E-state index is 12.0. The smallest absolute Gasteiger partial charge is 0.251 e. The number of hydrogen-bond acceptors (Lipinski definition) is 2. The lowest BCUT2D eigenvalue weighted by atomic mass is 9.99. The molecule has 0 aromatic heterocycles. The molecule has 0 aliphatic carbocycles. The molecule has 0 heterocycles. The second kappa shape index (κ2) is 5.82. The SMILES string of the molecule is Cc1cc(C)c(C(=O)NCCC(C)O)c(C)c1. The fourth-order valence-electron chi connectivity index (χ4n) is 2.02. The minimum Gasteiger partial charge on any atom is -0.393 e. The second-order valence-corrected chi connectivity index (χ2v) is 4.67. The topological polar surface area (TPSA) is 49.3 Å². The van der Waals surface area contributed by atoms with Gasteiger partial charge in [0.1, 0.15) is 0 Å². The number of rotatable bonds is 4. The van der Waals surface area contributed by atoms with Crippen LogP contribution in [0.15, 0.2) is 12.1 Å². The van der Waals surface area contributed by atoms with Crippen molar-refractivity contribution >= 4 is 5.91 Å². The zero-order valence-electron chi connectivity index (χ0n) is 11.0. The highest BCUT2D eigenvalue weighted by Gasteiger charge is 2.12. The summed E-state index contributed by atoms with van der Waals surface area (Å²) in [4.78, 5) is 12.0. The normalized spacial score (nSPS) is 12.3. The summed E-state index contributed by atoms with van der Waals surface area (Å²) in [6.45, 7) is 8.14. The van der Waals surface area contributed by atoms with Gasteiger partial charge in [-0.05, 0) is 45.2 Å². The fourth-order valence-corrected chi connectivity index (χ4v) is 2.02. The Labute approximate surface area is 103 Å². The van der Waals surface area contributed by atoms with E-state index in [4.69, 9.17) is 5.11 Å². The predicted octanol–water partition coefficient (Wildman–Crippen LogP) is 2.11. The van der Waals surface area contributed by atoms with Gasteiger partial charge in [-0.25, -0.2) is 0 Å². The molecule has 1 amide bonds. The van der Waals surface area contributed by atoms with Crippen LogP contribution in [0, 0.1) is 20.8 Å². The van der Waals surface area contributed by atoms with Crippen LogP contribution in [0.5, 0.6) is 0 Å². The van der Waals surface area contributed by atoms with Crippen LogP contribution in [0.1, 0.15) is 40.4 Å². The third-order valence-corrected chi connectivity index (χ3v) is 2.75. The minimum absolute atomic E-state index is 0.0550. The van der Waals surface area contributed by atoms with Crippen molar-refractivity contribution in [3.05, 3.63) is 34.4 Å². The number of nitrogens with one attached hydrogen (secondary N) is 1. The van der Waals surface area contributed by atoms with Gasteiger partial charge in [0, 0.05) is 12.1 Å². The molecule has 3 nitrogen and oxygen atoms in total. The molecule has 0 aliphatic heterocycles. The Kier molecular flexibility index (Phi) is 4.70. The monoisotopic (exact) mass is 235 g/mol. The Morgan fingerprint density at radius 3 is 2.29 bits per heavy atom. The molecule has 1 unspecified atom stereocenters. The van der Waals surface area contributed by atoms with E-state index in [1.54, 1.807) is 6.92 Å². The summed E-state index contributed by atoms with van der Waals surface area (Å²) in [6, 6.07) is 4.02. The van der Waals surface area contributed by atoms with Crippen molar-refractivity contribution in [1.29, 1.82) is 0 Å². The highest BCUT2D eigenvalue weighted by Crippen LogP contribution is 2.16. The van der Waals surface area contributed by atoms with Gasteiger partial charge in [-0.15, -0.1) is 0 Å². The van der Waals surface area contributed by atoms with Gasteiger partial charge in [0.2, 0.25) is 0 Å². The van der Waals surface area contributed by atoms with Crippen LogP contribution >= 0.6 is 0 Å². The zero-order chi connectivity index (χ0) is 13.0. The average Bonchev–Trinajstić information content (AvgIpc) is 2.14. The number of hydrogen-bond donors (Lipinski definition) is 2. The van der Waals surface area contributed by atoms with Crippen LogP contribution in [0.2, 0.25) is 0 Å². The summed E-state index contributed by atoms with van der Waals surface area (Å²) in [5.41, 5.74) is 3.91. The molecule has 2 N–H and O–H groups in total. The van der Waals surface area contributed by atoms with Gasteiger partial charge in [-0.1, -0.05) is 17.7 Å². The maximum Gasteiger partial charge on any atom is 0.251 e. The number of aliphatic hydroxyl groups excluding tert-OH is 1. The van der Waals surface area contributed by atoms with Crippen LogP contribution in [0.3, 0.4) is 0 Å². The summed E-state index contributed by atoms with van der Waals surface area (Å²) >= 11 is 0. The number of carbonyl (C=O) groups is 1. The minimum atomic E-state index is -0.379. The van der Waals surface area contributed by atoms with E-state index < -0.39 is 0 Å². The van der Waals surface area contributed by atoms with E-state index in [-0.39, 0.29) is 12.0 Å². The largest absolute Gasteiger partial charge is 0.393 e. The van der Waals surface area contributed by atoms with E-state index in [0.29, 0.717) is 13.0 Å². The molecule has 0 radical (unpaired) electrons. The molecule has 94 valence electrons. The molecule has 1 rings (SSSR count). The number of amides is 1. The van der Waals surface area contributed by atoms with E-state index in [0.717, 1.165) is 16.7 Å². The lowest BCUT2D eigenvalue weighted by Gasteiger charge is -2.12. The first-order valence-corrected chi connectivity index (χ1v) is 5.96. The molecule has 0 bridgehead atoms. The molecular formula is C14H21NO2. The number of aliphatic hydroxyl groups is 1. The Bertz CT molecular complexity index is 388. The molecular weight excluding hydrogens is 214 g/mol. The Morgan fingerprint density at radius 1 is 1.29 bits per heavy atom. The summed E-state index contributed by atoms with van der Waals surface area (Å²) < 4.78 is 0. The third-order valence-electron chi connectivity index (χ3n) is 2.75. The van der Waals surface area contributed by atoms with Crippen molar-refractivity contribution in [1.82, 2.24) is 5.32 Å². The lowest BCUT2D eigenvalue weighted by Crippen LogP contribution is -2.27. The van der Waals surface area contributed by atoms with Crippen LogP contribution in [-0.2, 0) is 0 Å². The summed E-state index contributed by atoms with van der Waals surface area (Å²) in [7, 11) is 0. The summed E-state index contributed by atoms with van der Waals surface area (Å²) in [5, 5.41) is 12.0. The van der Waals surface area contributed by atoms with Gasteiger partial charge in [-0.2, -0.15) is 0 Å². The van der Waals surface area contributed by atoms with Gasteiger partial charge >= 0.3 is 0 Å². The Hall–Kier alpha value is -1.35. The molecule has 0 aliphatic rings. The van der Waals surface area contributed by atoms with Crippen molar-refractivity contribution in [3.63, 3.8) is 0 Å². The molecule has 1 atom stereocenters. The number of carbonyl (C=O) groups excluding carboxylic acids is 1. The van der Waals surface area contributed by atoms with Gasteiger partial charge in [0.05, 0.1) is 6.10 Å². The quantitative estimate of drug-likeness (QED) is 0.839. The van der Waals surface area contributed by atoms with Crippen molar-refractivity contribution in [2.24, 2.45) is 0 Å². The van der Waals surface area contributed by atoms with Crippen molar-refractivity contribution in [3.8, 4) is 0 Å². The van der Waals surface area contributed by atoms with E-state index in [2.05, 4.69) is 5.32 Å². The van der Waals surface area contributed by atoms with Crippen molar-refractivity contribution < 1.29 is 9.90 Å². The highest BCUT2D eigenvalue weighted by atomic mass is 16.3. The molecule has 0 saturated carbocycles. The molecule has 0 spiro atoms. The van der Waals surface area contributed by atoms with E-state index >= 15 is 0 Å². The van der Waals surface area contributed by atoms with Crippen LogP contribution in [-0.4, -0.2) is 23.7 Å². The van der Waals surface area contributed by atoms with Crippen LogP contribution in [0.25, 0.3) is 0 Å². The summed E-state index contributed by atoms with van der Waals surface area (Å²) in [5.74, 6) is -0.0550. The van der Waals surface area contributed by atoms with Gasteiger partial charge in [0.25, 0.3) is 5.91 Å². The van der Waals surface area contributed by atoms with Crippen molar-refractivity contribution in [2.75, 3.05) is 6.54 Å². The Balaban J connectivity index is 2.76. The third kappa shape index (κ3) is 3.86. The zero-order valence-corrected chi connectivity index (χ0v) is 11.0. The van der Waals surface area contributed by atoms with Gasteiger partial charge in [0.15, 0.2) is 0 Å². The maximum absolute atomic E-state index is 12.0. The summed E-state index contributed by atoms with van der Waals surface area (Å²) in [6.07, 6.45) is 0.200.